The first-order valence-electron chi connectivity index (χ1n) is 9.57. The molecule has 1 aromatic heterocycles. The van der Waals surface area contributed by atoms with Crippen molar-refractivity contribution in [1.29, 1.82) is 0 Å². The molecule has 0 amide bonds. The van der Waals surface area contributed by atoms with Crippen LogP contribution in [0.1, 0.15) is 62.2 Å². The van der Waals surface area contributed by atoms with Crippen LogP contribution in [0.3, 0.4) is 0 Å². The molecule has 0 aliphatic carbocycles. The van der Waals surface area contributed by atoms with E-state index in [-0.39, 0.29) is 12.8 Å². The minimum atomic E-state index is -0.371. The number of carbonyl (C=O) groups is 1. The molecule has 0 radical (unpaired) electrons. The van der Waals surface area contributed by atoms with Crippen LogP contribution < -0.4 is 4.74 Å². The molecule has 1 heterocycles. The molecular weight excluding hydrogens is 362 g/mol. The first kappa shape index (κ1) is 21.4. The second-order valence-electron chi connectivity index (χ2n) is 6.39. The Labute approximate surface area is 165 Å². The van der Waals surface area contributed by atoms with Crippen molar-refractivity contribution in [2.75, 3.05) is 20.5 Å². The Hall–Kier alpha value is -1.92. The number of aromatic nitrogens is 1. The molecule has 2 rings (SSSR count). The number of hydrogen-bond acceptors (Lipinski definition) is 6. The van der Waals surface area contributed by atoms with Gasteiger partial charge in [-0.15, -0.1) is 11.3 Å². The summed E-state index contributed by atoms with van der Waals surface area (Å²) in [6.07, 6.45) is 8.27. The maximum Gasteiger partial charge on any atom is 0.341 e. The first-order valence-corrected chi connectivity index (χ1v) is 10.5. The summed E-state index contributed by atoms with van der Waals surface area (Å²) in [7, 11) is 1.54. The molecule has 5 nitrogen and oxygen atoms in total. The molecule has 0 aliphatic rings. The molecule has 0 atom stereocenters. The van der Waals surface area contributed by atoms with Gasteiger partial charge < -0.3 is 14.2 Å². The van der Waals surface area contributed by atoms with Gasteiger partial charge in [-0.05, 0) is 24.6 Å². The minimum Gasteiger partial charge on any atom is -0.467 e. The summed E-state index contributed by atoms with van der Waals surface area (Å²) in [5.74, 6) is 0.0876. The molecule has 0 saturated carbocycles. The summed E-state index contributed by atoms with van der Waals surface area (Å²) in [5.41, 5.74) is 3.87. The van der Waals surface area contributed by atoms with Gasteiger partial charge in [0.05, 0.1) is 17.8 Å². The van der Waals surface area contributed by atoms with Crippen molar-refractivity contribution < 1.29 is 19.0 Å². The van der Waals surface area contributed by atoms with Gasteiger partial charge in [0.15, 0.2) is 6.79 Å². The Balaban J connectivity index is 1.91. The lowest BCUT2D eigenvalue weighted by Crippen LogP contribution is -2.10. The van der Waals surface area contributed by atoms with Gasteiger partial charge in [0.2, 0.25) is 0 Å². The third-order valence-corrected chi connectivity index (χ3v) is 4.83. The molecule has 0 unspecified atom stereocenters. The Morgan fingerprint density at radius 2 is 1.89 bits per heavy atom. The van der Waals surface area contributed by atoms with Crippen LogP contribution >= 0.6 is 11.3 Å². The van der Waals surface area contributed by atoms with E-state index in [9.17, 15) is 4.79 Å². The second kappa shape index (κ2) is 12.5. The number of thiazole rings is 1. The summed E-state index contributed by atoms with van der Waals surface area (Å²) in [6, 6.07) is 5.41. The number of methoxy groups -OCH3 is 1. The molecule has 0 saturated heterocycles. The highest BCUT2D eigenvalue weighted by molar-refractivity contribution is 7.07. The van der Waals surface area contributed by atoms with E-state index in [1.54, 1.807) is 24.8 Å². The second-order valence-corrected chi connectivity index (χ2v) is 7.11. The lowest BCUT2D eigenvalue weighted by atomic mass is 10.1. The third kappa shape index (κ3) is 7.31. The smallest absolute Gasteiger partial charge is 0.341 e. The summed E-state index contributed by atoms with van der Waals surface area (Å²) >= 11 is 1.51. The topological polar surface area (TPSA) is 57.7 Å². The quantitative estimate of drug-likeness (QED) is 0.249. The van der Waals surface area contributed by atoms with Crippen LogP contribution in [0.4, 0.5) is 0 Å². The van der Waals surface area contributed by atoms with E-state index in [1.807, 2.05) is 11.4 Å². The molecule has 27 heavy (non-hydrogen) atoms. The Morgan fingerprint density at radius 3 is 2.59 bits per heavy atom. The first-order chi connectivity index (χ1) is 13.3. The van der Waals surface area contributed by atoms with Crippen LogP contribution in [-0.2, 0) is 9.47 Å². The van der Waals surface area contributed by atoms with Crippen molar-refractivity contribution in [3.63, 3.8) is 0 Å². The number of carbonyl (C=O) groups excluding carboxylic acids is 1. The van der Waals surface area contributed by atoms with E-state index >= 15 is 0 Å². The van der Waals surface area contributed by atoms with E-state index in [0.29, 0.717) is 17.9 Å². The van der Waals surface area contributed by atoms with Crippen molar-refractivity contribution in [2.45, 2.75) is 51.9 Å². The van der Waals surface area contributed by atoms with Crippen LogP contribution in [0.2, 0.25) is 0 Å². The highest BCUT2D eigenvalue weighted by atomic mass is 32.1. The number of rotatable bonds is 13. The number of nitrogens with zero attached hydrogens (tertiary/aromatic N) is 1. The van der Waals surface area contributed by atoms with Gasteiger partial charge in [-0.2, -0.15) is 0 Å². The van der Waals surface area contributed by atoms with E-state index < -0.39 is 0 Å². The molecule has 0 spiro atoms. The van der Waals surface area contributed by atoms with Crippen LogP contribution in [-0.4, -0.2) is 31.5 Å². The number of ether oxygens (including phenoxy) is 3. The lowest BCUT2D eigenvalue weighted by Gasteiger charge is -2.12. The Kier molecular flexibility index (Phi) is 9.87. The zero-order valence-corrected chi connectivity index (χ0v) is 17.1. The molecule has 148 valence electrons. The average Bonchev–Trinajstić information content (AvgIpc) is 3.23. The van der Waals surface area contributed by atoms with Gasteiger partial charge in [-0.3, -0.25) is 0 Å². The minimum absolute atomic E-state index is 0.0775. The molecule has 6 heteroatoms. The van der Waals surface area contributed by atoms with Crippen molar-refractivity contribution in [3.05, 3.63) is 34.7 Å². The molecule has 1 aromatic carbocycles. The summed E-state index contributed by atoms with van der Waals surface area (Å²) in [6.45, 7) is 2.72. The zero-order chi connectivity index (χ0) is 19.3. The maximum absolute atomic E-state index is 12.6. The van der Waals surface area contributed by atoms with E-state index in [0.717, 1.165) is 24.1 Å². The van der Waals surface area contributed by atoms with E-state index in [1.165, 1.54) is 43.4 Å². The maximum atomic E-state index is 12.6. The largest absolute Gasteiger partial charge is 0.467 e. The van der Waals surface area contributed by atoms with Gasteiger partial charge in [0.1, 0.15) is 11.3 Å². The van der Waals surface area contributed by atoms with Crippen molar-refractivity contribution in [3.8, 4) is 17.0 Å². The van der Waals surface area contributed by atoms with Gasteiger partial charge in [-0.1, -0.05) is 45.4 Å². The van der Waals surface area contributed by atoms with Crippen molar-refractivity contribution in [2.24, 2.45) is 0 Å². The van der Waals surface area contributed by atoms with Crippen molar-refractivity contribution >= 4 is 17.3 Å². The highest BCUT2D eigenvalue weighted by Crippen LogP contribution is 2.27. The van der Waals surface area contributed by atoms with Crippen LogP contribution in [0.25, 0.3) is 11.3 Å². The molecule has 0 bridgehead atoms. The molecule has 0 fully saturated rings. The SMILES string of the molecule is CCCCCCCCCOC(=O)c1cc(-c2cscn2)ccc1OCOC. The Bertz CT molecular complexity index is 673. The highest BCUT2D eigenvalue weighted by Gasteiger charge is 2.16. The predicted molar refractivity (Wildman–Crippen MR) is 108 cm³/mol. The normalized spacial score (nSPS) is 10.7. The number of hydrogen-bond donors (Lipinski definition) is 0. The summed E-state index contributed by atoms with van der Waals surface area (Å²) < 4.78 is 15.9. The van der Waals surface area contributed by atoms with Gasteiger partial charge >= 0.3 is 5.97 Å². The molecule has 2 aromatic rings. The van der Waals surface area contributed by atoms with Gasteiger partial charge in [0, 0.05) is 18.1 Å². The van der Waals surface area contributed by atoms with Crippen LogP contribution in [0.15, 0.2) is 29.1 Å². The average molecular weight is 392 g/mol. The summed E-state index contributed by atoms with van der Waals surface area (Å²) in [4.78, 5) is 16.9. The molecule has 0 aliphatic heterocycles. The van der Waals surface area contributed by atoms with Gasteiger partial charge in [-0.25, -0.2) is 9.78 Å². The monoisotopic (exact) mass is 391 g/mol. The van der Waals surface area contributed by atoms with Crippen molar-refractivity contribution in [1.82, 2.24) is 4.98 Å². The van der Waals surface area contributed by atoms with Gasteiger partial charge in [0.25, 0.3) is 0 Å². The molecular formula is C21H29NO4S. The van der Waals surface area contributed by atoms with Crippen LogP contribution in [0, 0.1) is 0 Å². The molecule has 0 N–H and O–H groups in total. The van der Waals surface area contributed by atoms with E-state index in [2.05, 4.69) is 11.9 Å². The van der Waals surface area contributed by atoms with Crippen LogP contribution in [0.5, 0.6) is 5.75 Å². The standard InChI is InChI=1S/C21H29NO4S/c1-3-4-5-6-7-8-9-12-25-21(23)18-13-17(19-14-27-15-22-19)10-11-20(18)26-16-24-2/h10-11,13-15H,3-9,12,16H2,1-2H3. The Morgan fingerprint density at radius 1 is 1.11 bits per heavy atom. The number of benzene rings is 1. The fourth-order valence-corrected chi connectivity index (χ4v) is 3.32. The fourth-order valence-electron chi connectivity index (χ4n) is 2.75. The lowest BCUT2D eigenvalue weighted by molar-refractivity contribution is 0.0424. The third-order valence-electron chi connectivity index (χ3n) is 4.24. The number of unbranched alkanes of at least 4 members (excludes halogenated alkanes) is 6. The number of esters is 1. The summed E-state index contributed by atoms with van der Waals surface area (Å²) in [5, 5.41) is 1.94. The zero-order valence-electron chi connectivity index (χ0n) is 16.2. The van der Waals surface area contributed by atoms with E-state index in [4.69, 9.17) is 14.2 Å². The predicted octanol–water partition coefficient (Wildman–Crippen LogP) is 5.70. The fraction of sp³-hybridized carbons (Fsp3) is 0.524.